The molecule has 0 spiro atoms. The minimum absolute atomic E-state index is 0.168. The largest absolute Gasteiger partial charge is 0.309 e. The van der Waals surface area contributed by atoms with Gasteiger partial charge in [0.2, 0.25) is 0 Å². The molecule has 1 N–H and O–H groups in total. The topological polar surface area (TPSA) is 15.3 Å². The van der Waals surface area contributed by atoms with E-state index in [4.69, 9.17) is 0 Å². The molecule has 0 aromatic heterocycles. The van der Waals surface area contributed by atoms with E-state index >= 15 is 0 Å². The highest BCUT2D eigenvalue weighted by molar-refractivity contribution is 9.10. The van der Waals surface area contributed by atoms with E-state index in [1.54, 1.807) is 6.07 Å². The van der Waals surface area contributed by atoms with Gasteiger partial charge in [0, 0.05) is 29.2 Å². The lowest BCUT2D eigenvalue weighted by Gasteiger charge is -2.18. The van der Waals surface area contributed by atoms with Crippen LogP contribution >= 0.6 is 15.9 Å². The van der Waals surface area contributed by atoms with Crippen molar-refractivity contribution in [1.29, 1.82) is 0 Å². The molecule has 0 aliphatic carbocycles. The molecule has 16 heavy (non-hydrogen) atoms. The zero-order valence-electron chi connectivity index (χ0n) is 9.93. The molecule has 0 radical (unpaired) electrons. The van der Waals surface area contributed by atoms with Crippen LogP contribution in [0, 0.1) is 5.82 Å². The van der Waals surface area contributed by atoms with Gasteiger partial charge in [-0.25, -0.2) is 4.39 Å². The van der Waals surface area contributed by atoms with Crippen molar-refractivity contribution in [3.63, 3.8) is 0 Å². The Kier molecular flexibility index (Phi) is 5.38. The van der Waals surface area contributed by atoms with Gasteiger partial charge in [0.25, 0.3) is 0 Å². The molecule has 0 saturated carbocycles. The van der Waals surface area contributed by atoms with Gasteiger partial charge in [0.1, 0.15) is 5.82 Å². The lowest BCUT2D eigenvalue weighted by Crippen LogP contribution is -2.35. The van der Waals surface area contributed by atoms with E-state index in [9.17, 15) is 4.39 Å². The predicted molar refractivity (Wildman–Crippen MR) is 69.0 cm³/mol. The number of nitrogens with one attached hydrogen (secondary N) is 1. The molecule has 0 heterocycles. The molecule has 0 bridgehead atoms. The van der Waals surface area contributed by atoms with Gasteiger partial charge < -0.3 is 10.2 Å². The zero-order chi connectivity index (χ0) is 12.1. The molecule has 0 fully saturated rings. The first-order valence-electron chi connectivity index (χ1n) is 5.31. The van der Waals surface area contributed by atoms with Crippen molar-refractivity contribution >= 4 is 15.9 Å². The molecule has 4 heteroatoms. The van der Waals surface area contributed by atoms with Crippen LogP contribution in [0.3, 0.4) is 0 Å². The third-order valence-electron chi connectivity index (χ3n) is 2.33. The first-order valence-corrected chi connectivity index (χ1v) is 6.11. The molecule has 0 saturated heterocycles. The Balaban J connectivity index is 2.54. The lowest BCUT2D eigenvalue weighted by atomic mass is 10.2. The van der Waals surface area contributed by atoms with Crippen molar-refractivity contribution in [3.8, 4) is 0 Å². The normalized spacial score (nSPS) is 13.1. The monoisotopic (exact) mass is 288 g/mol. The zero-order valence-corrected chi connectivity index (χ0v) is 11.5. The van der Waals surface area contributed by atoms with Crippen molar-refractivity contribution in [1.82, 2.24) is 10.2 Å². The summed E-state index contributed by atoms with van der Waals surface area (Å²) in [6.45, 7) is 3.57. The van der Waals surface area contributed by atoms with Crippen LogP contribution in [0.15, 0.2) is 22.7 Å². The Bertz CT molecular complexity index is 322. The second-order valence-corrected chi connectivity index (χ2v) is 5.10. The Morgan fingerprint density at radius 3 is 2.69 bits per heavy atom. The van der Waals surface area contributed by atoms with Crippen LogP contribution in [0.2, 0.25) is 0 Å². The summed E-state index contributed by atoms with van der Waals surface area (Å²) in [5.41, 5.74) is 0.688. The highest BCUT2D eigenvalue weighted by Gasteiger charge is 2.08. The summed E-state index contributed by atoms with van der Waals surface area (Å²) in [5.74, 6) is -0.168. The fourth-order valence-electron chi connectivity index (χ4n) is 1.59. The summed E-state index contributed by atoms with van der Waals surface area (Å²) in [6, 6.07) is 5.38. The van der Waals surface area contributed by atoms with Gasteiger partial charge in [-0.1, -0.05) is 22.0 Å². The average molecular weight is 289 g/mol. The molecular weight excluding hydrogens is 271 g/mol. The molecule has 2 nitrogen and oxygen atoms in total. The molecule has 1 aromatic rings. The standard InChI is InChI=1S/C12H18BrFN2/c1-9(8-16(2)3)15-7-10-11(13)5-4-6-12(10)14/h4-6,9,15H,7-8H2,1-3H3. The molecule has 1 unspecified atom stereocenters. The van der Waals surface area contributed by atoms with Crippen molar-refractivity contribution < 1.29 is 4.39 Å². The molecule has 1 rings (SSSR count). The number of likely N-dealkylation sites (N-methyl/N-ethyl adjacent to an activating group) is 1. The lowest BCUT2D eigenvalue weighted by molar-refractivity contribution is 0.348. The van der Waals surface area contributed by atoms with E-state index in [1.807, 2.05) is 20.2 Å². The van der Waals surface area contributed by atoms with E-state index in [-0.39, 0.29) is 5.82 Å². The molecule has 90 valence electrons. The van der Waals surface area contributed by atoms with Gasteiger partial charge in [-0.2, -0.15) is 0 Å². The average Bonchev–Trinajstić information content (AvgIpc) is 2.15. The van der Waals surface area contributed by atoms with Gasteiger partial charge in [0.15, 0.2) is 0 Å². The number of benzene rings is 1. The molecule has 0 aliphatic rings. The number of nitrogens with zero attached hydrogens (tertiary/aromatic N) is 1. The summed E-state index contributed by atoms with van der Waals surface area (Å²) in [5, 5.41) is 3.30. The first kappa shape index (κ1) is 13.6. The summed E-state index contributed by atoms with van der Waals surface area (Å²) in [6.07, 6.45) is 0. The fraction of sp³-hybridized carbons (Fsp3) is 0.500. The minimum Gasteiger partial charge on any atom is -0.309 e. The van der Waals surface area contributed by atoms with Crippen molar-refractivity contribution in [2.24, 2.45) is 0 Å². The molecule has 1 aromatic carbocycles. The predicted octanol–water partition coefficient (Wildman–Crippen LogP) is 2.63. The van der Waals surface area contributed by atoms with E-state index in [0.717, 1.165) is 11.0 Å². The minimum atomic E-state index is -0.168. The van der Waals surface area contributed by atoms with E-state index in [0.29, 0.717) is 18.2 Å². The van der Waals surface area contributed by atoms with Gasteiger partial charge in [-0.3, -0.25) is 0 Å². The maximum atomic E-state index is 13.5. The van der Waals surface area contributed by atoms with Crippen LogP contribution < -0.4 is 5.32 Å². The fourth-order valence-corrected chi connectivity index (χ4v) is 2.07. The van der Waals surface area contributed by atoms with Gasteiger partial charge in [-0.05, 0) is 33.2 Å². The maximum Gasteiger partial charge on any atom is 0.128 e. The Morgan fingerprint density at radius 2 is 2.12 bits per heavy atom. The molecular formula is C12H18BrFN2. The molecule has 1 atom stereocenters. The van der Waals surface area contributed by atoms with Crippen molar-refractivity contribution in [3.05, 3.63) is 34.1 Å². The maximum absolute atomic E-state index is 13.5. The number of hydrogen-bond donors (Lipinski definition) is 1. The first-order chi connectivity index (χ1) is 7.50. The highest BCUT2D eigenvalue weighted by atomic mass is 79.9. The van der Waals surface area contributed by atoms with E-state index in [1.165, 1.54) is 6.07 Å². The van der Waals surface area contributed by atoms with Gasteiger partial charge in [0.05, 0.1) is 0 Å². The summed E-state index contributed by atoms with van der Waals surface area (Å²) in [4.78, 5) is 2.11. The number of halogens is 2. The quantitative estimate of drug-likeness (QED) is 0.896. The Hall–Kier alpha value is -0.450. The van der Waals surface area contributed by atoms with Gasteiger partial charge >= 0.3 is 0 Å². The summed E-state index contributed by atoms with van der Waals surface area (Å²) in [7, 11) is 4.05. The summed E-state index contributed by atoms with van der Waals surface area (Å²) >= 11 is 3.36. The SMILES string of the molecule is CC(CN(C)C)NCc1c(F)cccc1Br. The second kappa shape index (κ2) is 6.33. The molecule has 0 amide bonds. The van der Waals surface area contributed by atoms with Crippen LogP contribution in [0.1, 0.15) is 12.5 Å². The third-order valence-corrected chi connectivity index (χ3v) is 3.07. The number of rotatable bonds is 5. The Labute approximate surface area is 105 Å². The van der Waals surface area contributed by atoms with Crippen molar-refractivity contribution in [2.45, 2.75) is 19.5 Å². The van der Waals surface area contributed by atoms with Crippen LogP contribution in [-0.4, -0.2) is 31.6 Å². The van der Waals surface area contributed by atoms with Crippen LogP contribution in [0.25, 0.3) is 0 Å². The van der Waals surface area contributed by atoms with Crippen LogP contribution in [-0.2, 0) is 6.54 Å². The van der Waals surface area contributed by atoms with Crippen LogP contribution in [0.5, 0.6) is 0 Å². The van der Waals surface area contributed by atoms with Crippen LogP contribution in [0.4, 0.5) is 4.39 Å². The second-order valence-electron chi connectivity index (χ2n) is 4.24. The summed E-state index contributed by atoms with van der Waals surface area (Å²) < 4.78 is 14.3. The molecule has 0 aliphatic heterocycles. The van der Waals surface area contributed by atoms with Crippen molar-refractivity contribution in [2.75, 3.05) is 20.6 Å². The third kappa shape index (κ3) is 4.20. The Morgan fingerprint density at radius 1 is 1.44 bits per heavy atom. The van der Waals surface area contributed by atoms with E-state index < -0.39 is 0 Å². The van der Waals surface area contributed by atoms with E-state index in [2.05, 4.69) is 33.1 Å². The highest BCUT2D eigenvalue weighted by Crippen LogP contribution is 2.19. The smallest absolute Gasteiger partial charge is 0.128 e. The van der Waals surface area contributed by atoms with Gasteiger partial charge in [-0.15, -0.1) is 0 Å². The number of hydrogen-bond acceptors (Lipinski definition) is 2.